The second kappa shape index (κ2) is 12.2. The van der Waals surface area contributed by atoms with Gasteiger partial charge >= 0.3 is 12.1 Å². The Hall–Kier alpha value is -4.14. The fourth-order valence-corrected chi connectivity index (χ4v) is 3.85. The number of ether oxygens (including phenoxy) is 1. The summed E-state index contributed by atoms with van der Waals surface area (Å²) in [6, 6.07) is 13.7. The second-order valence-corrected chi connectivity index (χ2v) is 9.67. The summed E-state index contributed by atoms with van der Waals surface area (Å²) in [7, 11) is 5.13. The molecule has 0 saturated heterocycles. The van der Waals surface area contributed by atoms with Gasteiger partial charge in [0.15, 0.2) is 0 Å². The lowest BCUT2D eigenvalue weighted by Gasteiger charge is -2.23. The number of aromatic nitrogens is 2. The maximum atomic E-state index is 12.3. The lowest BCUT2D eigenvalue weighted by atomic mass is 10.0. The molecule has 37 heavy (non-hydrogen) atoms. The number of carbonyl (C=O) groups excluding carboxylic acids is 1. The number of carbonyl (C=O) groups is 2. The summed E-state index contributed by atoms with van der Waals surface area (Å²) >= 11 is 0. The molecule has 2 aromatic carbocycles. The topological polar surface area (TPSA) is 108 Å². The number of nitrogens with zero attached hydrogens (tertiary/aromatic N) is 4. The minimum absolute atomic E-state index is 0.200. The van der Waals surface area contributed by atoms with Gasteiger partial charge in [0, 0.05) is 45.9 Å². The highest BCUT2D eigenvalue weighted by Gasteiger charge is 2.22. The molecule has 0 fully saturated rings. The monoisotopic (exact) mass is 505 g/mol. The zero-order valence-corrected chi connectivity index (χ0v) is 22.2. The van der Waals surface area contributed by atoms with E-state index in [9.17, 15) is 14.7 Å². The van der Waals surface area contributed by atoms with E-state index >= 15 is 0 Å². The van der Waals surface area contributed by atoms with Gasteiger partial charge in [-0.05, 0) is 41.7 Å². The Labute approximate surface area is 218 Å². The third kappa shape index (κ3) is 7.42. The van der Waals surface area contributed by atoms with Gasteiger partial charge in [-0.3, -0.25) is 0 Å². The Morgan fingerprint density at radius 2 is 1.70 bits per heavy atom. The van der Waals surface area contributed by atoms with Crippen molar-refractivity contribution in [2.45, 2.75) is 33.2 Å². The molecule has 3 rings (SSSR count). The van der Waals surface area contributed by atoms with E-state index in [1.54, 1.807) is 44.6 Å². The second-order valence-electron chi connectivity index (χ2n) is 9.67. The van der Waals surface area contributed by atoms with Crippen molar-refractivity contribution < 1.29 is 19.4 Å². The molecule has 0 aliphatic heterocycles. The molecule has 0 aliphatic rings. The number of benzene rings is 2. The van der Waals surface area contributed by atoms with Gasteiger partial charge in [-0.15, -0.1) is 0 Å². The third-order valence-electron chi connectivity index (χ3n) is 5.73. The fraction of sp³-hybridized carbons (Fsp3) is 0.357. The van der Waals surface area contributed by atoms with Crippen LogP contribution in [0.1, 0.15) is 25.0 Å². The number of carboxylic acids is 1. The average molecular weight is 506 g/mol. The fourth-order valence-electron chi connectivity index (χ4n) is 3.85. The normalized spacial score (nSPS) is 11.6. The van der Waals surface area contributed by atoms with Crippen LogP contribution in [-0.4, -0.2) is 65.8 Å². The van der Waals surface area contributed by atoms with E-state index in [2.05, 4.69) is 24.1 Å². The molecule has 1 heterocycles. The Morgan fingerprint density at radius 1 is 1.03 bits per heavy atom. The molecule has 0 unspecified atom stereocenters. The van der Waals surface area contributed by atoms with E-state index in [1.807, 2.05) is 43.1 Å². The molecule has 1 atom stereocenters. The Bertz CT molecular complexity index is 1230. The first kappa shape index (κ1) is 27.4. The van der Waals surface area contributed by atoms with Crippen molar-refractivity contribution in [3.63, 3.8) is 0 Å². The number of anilines is 2. The number of rotatable bonds is 10. The first-order chi connectivity index (χ1) is 17.5. The van der Waals surface area contributed by atoms with Crippen molar-refractivity contribution in [2.75, 3.05) is 37.9 Å². The van der Waals surface area contributed by atoms with Crippen LogP contribution in [0.3, 0.4) is 0 Å². The number of amides is 1. The number of nitrogens with one attached hydrogen (secondary N) is 1. The van der Waals surface area contributed by atoms with Crippen LogP contribution < -0.4 is 15.0 Å². The summed E-state index contributed by atoms with van der Waals surface area (Å²) in [4.78, 5) is 36.7. The van der Waals surface area contributed by atoms with Gasteiger partial charge in [-0.1, -0.05) is 50.2 Å². The van der Waals surface area contributed by atoms with E-state index in [-0.39, 0.29) is 6.42 Å². The minimum Gasteiger partial charge on any atom is -0.480 e. The number of aryl methyl sites for hydroxylation is 1. The summed E-state index contributed by atoms with van der Waals surface area (Å²) < 4.78 is 5.25. The lowest BCUT2D eigenvalue weighted by molar-refractivity contribution is -0.137. The molecular weight excluding hydrogens is 470 g/mol. The number of aliphatic carboxylic acids is 1. The summed E-state index contributed by atoms with van der Waals surface area (Å²) in [6.45, 7) is 6.99. The number of carboxylic acid groups (broad SMARTS) is 1. The maximum Gasteiger partial charge on any atom is 0.414 e. The van der Waals surface area contributed by atoms with Crippen LogP contribution in [0.4, 0.5) is 16.6 Å². The van der Waals surface area contributed by atoms with Gasteiger partial charge in [0.1, 0.15) is 17.6 Å². The van der Waals surface area contributed by atoms with Gasteiger partial charge in [-0.2, -0.15) is 4.98 Å². The van der Waals surface area contributed by atoms with E-state index < -0.39 is 18.1 Å². The Kier molecular flexibility index (Phi) is 9.05. The van der Waals surface area contributed by atoms with Gasteiger partial charge < -0.3 is 25.0 Å². The highest BCUT2D eigenvalue weighted by atomic mass is 16.6. The van der Waals surface area contributed by atoms with E-state index in [0.29, 0.717) is 23.4 Å². The molecule has 0 saturated carbocycles. The molecule has 0 radical (unpaired) electrons. The summed E-state index contributed by atoms with van der Waals surface area (Å²) in [5.74, 6) is 0.767. The summed E-state index contributed by atoms with van der Waals surface area (Å²) in [5, 5.41) is 13.2. The summed E-state index contributed by atoms with van der Waals surface area (Å²) in [6.07, 6.45) is 1.46. The van der Waals surface area contributed by atoms with Crippen LogP contribution in [0.2, 0.25) is 0 Å². The maximum absolute atomic E-state index is 12.3. The van der Waals surface area contributed by atoms with Crippen molar-refractivity contribution in [3.8, 4) is 16.9 Å². The third-order valence-corrected chi connectivity index (χ3v) is 5.73. The lowest BCUT2D eigenvalue weighted by Crippen LogP contribution is -2.33. The van der Waals surface area contributed by atoms with E-state index in [0.717, 1.165) is 28.8 Å². The predicted octanol–water partition coefficient (Wildman–Crippen LogP) is 4.71. The molecule has 3 aromatic rings. The molecule has 1 amide bonds. The highest BCUT2D eigenvalue weighted by Crippen LogP contribution is 2.31. The molecule has 9 heteroatoms. The molecule has 0 aliphatic carbocycles. The number of hydrogen-bond acceptors (Lipinski definition) is 7. The minimum atomic E-state index is -1.01. The zero-order chi connectivity index (χ0) is 27.1. The quantitative estimate of drug-likeness (QED) is 0.408. The smallest absolute Gasteiger partial charge is 0.414 e. The highest BCUT2D eigenvalue weighted by molar-refractivity contribution is 5.83. The van der Waals surface area contributed by atoms with E-state index in [1.165, 1.54) is 4.90 Å². The standard InChI is InChI=1S/C28H35N5O4/c1-18(2)17-33(6)27-29-16-23(22-10-8-7-9-19(22)3)25(31-27)30-24(26(34)35)15-20-11-13-21(14-12-20)37-28(36)32(4)5/h7-14,16,18,24H,15,17H2,1-6H3,(H,34,35)(H,29,30,31)/t24-/m0/s1. The van der Waals surface area contributed by atoms with Crippen LogP contribution in [0, 0.1) is 12.8 Å². The van der Waals surface area contributed by atoms with Crippen LogP contribution in [0.25, 0.3) is 11.1 Å². The molecule has 2 N–H and O–H groups in total. The first-order valence-electron chi connectivity index (χ1n) is 12.2. The average Bonchev–Trinajstić information content (AvgIpc) is 2.84. The van der Waals surface area contributed by atoms with Crippen molar-refractivity contribution >= 4 is 23.8 Å². The van der Waals surface area contributed by atoms with Gasteiger partial charge in [0.25, 0.3) is 0 Å². The van der Waals surface area contributed by atoms with Gasteiger partial charge in [0.2, 0.25) is 5.95 Å². The zero-order valence-electron chi connectivity index (χ0n) is 22.2. The van der Waals surface area contributed by atoms with Crippen molar-refractivity contribution in [2.24, 2.45) is 5.92 Å². The largest absolute Gasteiger partial charge is 0.480 e. The van der Waals surface area contributed by atoms with Crippen LogP contribution >= 0.6 is 0 Å². The first-order valence-corrected chi connectivity index (χ1v) is 12.2. The molecule has 0 spiro atoms. The number of hydrogen-bond donors (Lipinski definition) is 2. The SMILES string of the molecule is Cc1ccccc1-c1cnc(N(C)CC(C)C)nc1N[C@@H](Cc1ccc(OC(=O)N(C)C)cc1)C(=O)O. The van der Waals surface area contributed by atoms with Crippen LogP contribution in [0.15, 0.2) is 54.7 Å². The Balaban J connectivity index is 1.91. The van der Waals surface area contributed by atoms with Crippen molar-refractivity contribution in [3.05, 3.63) is 65.9 Å². The molecule has 9 nitrogen and oxygen atoms in total. The van der Waals surface area contributed by atoms with Crippen molar-refractivity contribution in [1.82, 2.24) is 14.9 Å². The van der Waals surface area contributed by atoms with Gasteiger partial charge in [-0.25, -0.2) is 14.6 Å². The molecular formula is C28H35N5O4. The van der Waals surface area contributed by atoms with Crippen molar-refractivity contribution in [1.29, 1.82) is 0 Å². The predicted molar refractivity (Wildman–Crippen MR) is 145 cm³/mol. The summed E-state index contributed by atoms with van der Waals surface area (Å²) in [5.41, 5.74) is 3.47. The molecule has 196 valence electrons. The van der Waals surface area contributed by atoms with Crippen LogP contribution in [0.5, 0.6) is 5.75 Å². The van der Waals surface area contributed by atoms with Gasteiger partial charge in [0.05, 0.1) is 0 Å². The Morgan fingerprint density at radius 3 is 2.30 bits per heavy atom. The van der Waals surface area contributed by atoms with Crippen LogP contribution in [-0.2, 0) is 11.2 Å². The van der Waals surface area contributed by atoms with E-state index in [4.69, 9.17) is 9.72 Å². The molecule has 0 bridgehead atoms. The molecule has 1 aromatic heterocycles.